The average molecular weight is 773 g/mol. The molecule has 5 rings (SSSR count). The topological polar surface area (TPSA) is 161 Å². The van der Waals surface area contributed by atoms with E-state index in [1.54, 1.807) is 0 Å². The number of aliphatic hydroxyl groups excluding tert-OH is 1. The third-order valence-corrected chi connectivity index (χ3v) is 11.1. The molecule has 4 amide bonds. The van der Waals surface area contributed by atoms with E-state index in [1.807, 2.05) is 131 Å². The van der Waals surface area contributed by atoms with E-state index >= 15 is 0 Å². The van der Waals surface area contributed by atoms with Gasteiger partial charge in [0.15, 0.2) is 0 Å². The smallest absolute Gasteiger partial charge is 0.245 e. The number of rotatable bonds is 16. The number of aliphatic hydroxyl groups is 1. The van der Waals surface area contributed by atoms with Crippen molar-refractivity contribution in [1.82, 2.24) is 31.5 Å². The number of β-amino-alcohol motifs (C(OH)–C–C–N with tert-alkyl or cyclic N) is 1. The van der Waals surface area contributed by atoms with Gasteiger partial charge in [0.05, 0.1) is 36.7 Å². The second kappa shape index (κ2) is 19.1. The van der Waals surface area contributed by atoms with Crippen LogP contribution in [0.1, 0.15) is 57.7 Å². The lowest BCUT2D eigenvalue weighted by atomic mass is 10.0. The first-order chi connectivity index (χ1) is 26.2. The fraction of sp³-hybridized carbons (Fsp3) is 0.476. The summed E-state index contributed by atoms with van der Waals surface area (Å²) in [4.78, 5) is 56.0. The molecular formula is C42H56N6O6S. The normalized spacial score (nSPS) is 22.0. The number of hydrogen-bond donors (Lipinski definition) is 6. The molecule has 13 heteroatoms. The molecule has 2 saturated heterocycles. The van der Waals surface area contributed by atoms with Gasteiger partial charge in [0.1, 0.15) is 12.1 Å². The molecule has 0 radical (unpaired) electrons. The SMILES string of the molecule is CC(C)(C)NC(=O)[C@@H]1C[C@H](OCc2ccccc2)CN1CC(O)CNC(=O)[C@@H]1N[C@@H]([C@H](NC(=O)Cc2ccccc2)C(=O)NCc2ccccc2)SC1(C)C. The van der Waals surface area contributed by atoms with E-state index in [0.29, 0.717) is 19.6 Å². The number of likely N-dealkylation sites (tertiary alicyclic amines) is 1. The van der Waals surface area contributed by atoms with Crippen molar-refractivity contribution in [2.24, 2.45) is 0 Å². The first-order valence-corrected chi connectivity index (χ1v) is 19.8. The first kappa shape index (κ1) is 41.9. The fourth-order valence-electron chi connectivity index (χ4n) is 6.88. The zero-order chi connectivity index (χ0) is 39.6. The van der Waals surface area contributed by atoms with Crippen molar-refractivity contribution in [3.8, 4) is 0 Å². The summed E-state index contributed by atoms with van der Waals surface area (Å²) >= 11 is 1.41. The minimum absolute atomic E-state index is 0.0448. The lowest BCUT2D eigenvalue weighted by molar-refractivity contribution is -0.129. The van der Waals surface area contributed by atoms with Crippen molar-refractivity contribution in [2.45, 2.75) is 107 Å². The van der Waals surface area contributed by atoms with Crippen molar-refractivity contribution < 1.29 is 29.0 Å². The predicted octanol–water partition coefficient (Wildman–Crippen LogP) is 2.89. The Morgan fingerprint density at radius 3 is 2.11 bits per heavy atom. The van der Waals surface area contributed by atoms with Crippen LogP contribution in [0.3, 0.4) is 0 Å². The van der Waals surface area contributed by atoms with Gasteiger partial charge in [0.2, 0.25) is 23.6 Å². The lowest BCUT2D eigenvalue weighted by Gasteiger charge is -2.29. The first-order valence-electron chi connectivity index (χ1n) is 18.9. The van der Waals surface area contributed by atoms with E-state index in [4.69, 9.17) is 4.74 Å². The zero-order valence-corrected chi connectivity index (χ0v) is 33.2. The Morgan fingerprint density at radius 2 is 1.49 bits per heavy atom. The van der Waals surface area contributed by atoms with Gasteiger partial charge < -0.3 is 31.1 Å². The second-order valence-electron chi connectivity index (χ2n) is 15.9. The Labute approximate surface area is 328 Å². The van der Waals surface area contributed by atoms with Crippen LogP contribution in [0.5, 0.6) is 0 Å². The fourth-order valence-corrected chi connectivity index (χ4v) is 8.38. The summed E-state index contributed by atoms with van der Waals surface area (Å²) in [5.41, 5.74) is 2.34. The number of carbonyl (C=O) groups is 4. The molecule has 6 N–H and O–H groups in total. The molecule has 0 saturated carbocycles. The zero-order valence-electron chi connectivity index (χ0n) is 32.4. The maximum absolute atomic E-state index is 13.7. The van der Waals surface area contributed by atoms with Gasteiger partial charge in [-0.2, -0.15) is 0 Å². The van der Waals surface area contributed by atoms with Gasteiger partial charge >= 0.3 is 0 Å². The summed E-state index contributed by atoms with van der Waals surface area (Å²) in [7, 11) is 0. The van der Waals surface area contributed by atoms with E-state index < -0.39 is 39.9 Å². The highest BCUT2D eigenvalue weighted by Gasteiger charge is 2.49. The minimum Gasteiger partial charge on any atom is -0.390 e. The van der Waals surface area contributed by atoms with Gasteiger partial charge in [-0.05, 0) is 57.7 Å². The Balaban J connectivity index is 1.20. The molecule has 2 heterocycles. The number of nitrogens with one attached hydrogen (secondary N) is 5. The van der Waals surface area contributed by atoms with Crippen LogP contribution in [0.25, 0.3) is 0 Å². The summed E-state index contributed by atoms with van der Waals surface area (Å²) in [6.07, 6.45) is -0.597. The quantitative estimate of drug-likeness (QED) is 0.129. The summed E-state index contributed by atoms with van der Waals surface area (Å²) in [6, 6.07) is 26.4. The molecule has 3 aromatic carbocycles. The van der Waals surface area contributed by atoms with Gasteiger partial charge in [0.25, 0.3) is 0 Å². The molecule has 1 unspecified atom stereocenters. The van der Waals surface area contributed by atoms with Crippen LogP contribution in [0, 0.1) is 0 Å². The molecule has 0 aromatic heterocycles. The number of nitrogens with zero attached hydrogens (tertiary/aromatic N) is 1. The van der Waals surface area contributed by atoms with Crippen LogP contribution < -0.4 is 26.6 Å². The molecule has 0 aliphatic carbocycles. The Kier molecular flexibility index (Phi) is 14.5. The van der Waals surface area contributed by atoms with Crippen molar-refractivity contribution >= 4 is 35.4 Å². The molecule has 296 valence electrons. The highest BCUT2D eigenvalue weighted by atomic mass is 32.2. The highest BCUT2D eigenvalue weighted by molar-refractivity contribution is 8.01. The molecule has 3 aromatic rings. The van der Waals surface area contributed by atoms with Gasteiger partial charge in [-0.15, -0.1) is 11.8 Å². The summed E-state index contributed by atoms with van der Waals surface area (Å²) in [5.74, 6) is -1.16. The Hall–Kier alpha value is -4.27. The molecule has 55 heavy (non-hydrogen) atoms. The molecule has 0 bridgehead atoms. The molecule has 0 spiro atoms. The van der Waals surface area contributed by atoms with Gasteiger partial charge in [-0.3, -0.25) is 29.4 Å². The number of hydrogen-bond acceptors (Lipinski definition) is 9. The van der Waals surface area contributed by atoms with Crippen LogP contribution in [0.4, 0.5) is 0 Å². The number of carbonyl (C=O) groups excluding carboxylic acids is 4. The second-order valence-corrected chi connectivity index (χ2v) is 17.7. The van der Waals surface area contributed by atoms with Crippen LogP contribution in [0.2, 0.25) is 0 Å². The van der Waals surface area contributed by atoms with Gasteiger partial charge in [-0.1, -0.05) is 91.0 Å². The maximum Gasteiger partial charge on any atom is 0.245 e. The van der Waals surface area contributed by atoms with Crippen LogP contribution in [0.15, 0.2) is 91.0 Å². The van der Waals surface area contributed by atoms with Gasteiger partial charge in [0, 0.05) is 36.5 Å². The monoisotopic (exact) mass is 772 g/mol. The van der Waals surface area contributed by atoms with Crippen LogP contribution in [-0.2, 0) is 43.5 Å². The third kappa shape index (κ3) is 12.6. The van der Waals surface area contributed by atoms with Crippen molar-refractivity contribution in [3.05, 3.63) is 108 Å². The average Bonchev–Trinajstić information content (AvgIpc) is 3.70. The number of ether oxygens (including phenoxy) is 1. The Bertz CT molecular complexity index is 1720. The largest absolute Gasteiger partial charge is 0.390 e. The maximum atomic E-state index is 13.7. The minimum atomic E-state index is -0.976. The van der Waals surface area contributed by atoms with Crippen LogP contribution in [-0.4, -0.2) is 99.3 Å². The van der Waals surface area contributed by atoms with Crippen LogP contribution >= 0.6 is 11.8 Å². The number of benzene rings is 3. The third-order valence-electron chi connectivity index (χ3n) is 9.59. The summed E-state index contributed by atoms with van der Waals surface area (Å²) < 4.78 is 5.53. The summed E-state index contributed by atoms with van der Waals surface area (Å²) in [6.45, 7) is 10.9. The predicted molar refractivity (Wildman–Crippen MR) is 215 cm³/mol. The number of amides is 4. The van der Waals surface area contributed by atoms with Gasteiger partial charge in [-0.25, -0.2) is 0 Å². The lowest BCUT2D eigenvalue weighted by Crippen LogP contribution is -2.58. The van der Waals surface area contributed by atoms with Crippen molar-refractivity contribution in [1.29, 1.82) is 0 Å². The van der Waals surface area contributed by atoms with Crippen molar-refractivity contribution in [2.75, 3.05) is 19.6 Å². The number of thioether (sulfide) groups is 1. The molecule has 12 nitrogen and oxygen atoms in total. The van der Waals surface area contributed by atoms with E-state index in [1.165, 1.54) is 11.8 Å². The van der Waals surface area contributed by atoms with Crippen molar-refractivity contribution in [3.63, 3.8) is 0 Å². The molecule has 2 aliphatic heterocycles. The standard InChI is InChI=1S/C42H56N6O6S/c1-41(2,3)47-37(51)33-22-32(54-27-30-19-13-8-14-20-30)26-48(33)25-31(49)24-44-39(53)36-42(4,5)55-40(46-36)35(38(52)43-23-29-17-11-7-12-18-29)45-34(50)21-28-15-9-6-10-16-28/h6-20,31-33,35-36,40,46,49H,21-27H2,1-5H3,(H,43,52)(H,44,53)(H,45,50)(H,47,51)/t31?,32-,33-,35+,36-,40+/m0/s1. The van der Waals surface area contributed by atoms with E-state index in [9.17, 15) is 24.3 Å². The molecule has 2 fully saturated rings. The molecule has 2 aliphatic rings. The Morgan fingerprint density at radius 1 is 0.891 bits per heavy atom. The molecule has 6 atom stereocenters. The van der Waals surface area contributed by atoms with E-state index in [0.717, 1.165) is 16.7 Å². The molecular weight excluding hydrogens is 717 g/mol. The summed E-state index contributed by atoms with van der Waals surface area (Å²) in [5, 5.41) is 25.7. The van der Waals surface area contributed by atoms with E-state index in [2.05, 4.69) is 26.6 Å². The highest BCUT2D eigenvalue weighted by Crippen LogP contribution is 2.39. The van der Waals surface area contributed by atoms with E-state index in [-0.39, 0.29) is 55.8 Å².